The van der Waals surface area contributed by atoms with Crippen molar-refractivity contribution in [2.24, 2.45) is 11.7 Å². The fraction of sp³-hybridized carbons (Fsp3) is 0.267. The van der Waals surface area contributed by atoms with Gasteiger partial charge in [-0.1, -0.05) is 48.9 Å². The van der Waals surface area contributed by atoms with Gasteiger partial charge in [0.15, 0.2) is 0 Å². The summed E-state index contributed by atoms with van der Waals surface area (Å²) in [5.74, 6) is -0.335. The van der Waals surface area contributed by atoms with E-state index in [0.717, 1.165) is 14.8 Å². The number of nitrogens with one attached hydrogen (secondary N) is 1. The molecule has 5 heteroatoms. The predicted octanol–water partition coefficient (Wildman–Crippen LogP) is 3.35. The molecular formula is C15H17ClN2OS. The Labute approximate surface area is 127 Å². The summed E-state index contributed by atoms with van der Waals surface area (Å²) in [6, 6.07) is 13.1. The molecule has 2 atom stereocenters. The van der Waals surface area contributed by atoms with Gasteiger partial charge in [-0.05, 0) is 17.7 Å². The zero-order chi connectivity index (χ0) is 14.5. The van der Waals surface area contributed by atoms with E-state index < -0.39 is 0 Å². The lowest BCUT2D eigenvalue weighted by Gasteiger charge is -2.19. The molecule has 0 aliphatic heterocycles. The van der Waals surface area contributed by atoms with E-state index in [1.165, 1.54) is 11.3 Å². The second kappa shape index (κ2) is 6.88. The Morgan fingerprint density at radius 2 is 2.00 bits per heavy atom. The van der Waals surface area contributed by atoms with Gasteiger partial charge in [-0.15, -0.1) is 11.3 Å². The third-order valence-electron chi connectivity index (χ3n) is 3.20. The van der Waals surface area contributed by atoms with Gasteiger partial charge in [-0.2, -0.15) is 0 Å². The van der Waals surface area contributed by atoms with Crippen LogP contribution in [-0.4, -0.2) is 5.91 Å². The minimum Gasteiger partial charge on any atom is -0.351 e. The molecule has 3 nitrogen and oxygen atoms in total. The monoisotopic (exact) mass is 308 g/mol. The van der Waals surface area contributed by atoms with Gasteiger partial charge in [0.25, 0.3) is 0 Å². The molecule has 2 rings (SSSR count). The molecule has 0 fully saturated rings. The first-order valence-corrected chi connectivity index (χ1v) is 7.60. The molecule has 3 N–H and O–H groups in total. The largest absolute Gasteiger partial charge is 0.351 e. The molecule has 1 amide bonds. The SMILES string of the molecule is CC(C(=O)NCc1ccc(Cl)s1)C(N)c1ccccc1. The summed E-state index contributed by atoms with van der Waals surface area (Å²) in [7, 11) is 0. The summed E-state index contributed by atoms with van der Waals surface area (Å²) in [6.45, 7) is 2.33. The van der Waals surface area contributed by atoms with Gasteiger partial charge in [0.05, 0.1) is 16.8 Å². The molecule has 2 unspecified atom stereocenters. The Kier molecular flexibility index (Phi) is 5.17. The topological polar surface area (TPSA) is 55.1 Å². The van der Waals surface area contributed by atoms with Gasteiger partial charge in [0.2, 0.25) is 5.91 Å². The summed E-state index contributed by atoms with van der Waals surface area (Å²) in [5.41, 5.74) is 7.10. The Balaban J connectivity index is 1.91. The highest BCUT2D eigenvalue weighted by Gasteiger charge is 2.21. The van der Waals surface area contributed by atoms with Gasteiger partial charge in [-0.3, -0.25) is 4.79 Å². The average Bonchev–Trinajstić information content (AvgIpc) is 2.89. The fourth-order valence-corrected chi connectivity index (χ4v) is 2.94. The van der Waals surface area contributed by atoms with Gasteiger partial charge in [0.1, 0.15) is 0 Å². The number of nitrogens with two attached hydrogens (primary N) is 1. The summed E-state index contributed by atoms with van der Waals surface area (Å²) in [5, 5.41) is 2.90. The highest BCUT2D eigenvalue weighted by atomic mass is 35.5. The van der Waals surface area contributed by atoms with E-state index in [1.54, 1.807) is 0 Å². The third kappa shape index (κ3) is 3.82. The first-order chi connectivity index (χ1) is 9.58. The molecule has 1 aromatic carbocycles. The van der Waals surface area contributed by atoms with Crippen LogP contribution in [0.15, 0.2) is 42.5 Å². The molecule has 20 heavy (non-hydrogen) atoms. The zero-order valence-corrected chi connectivity index (χ0v) is 12.7. The third-order valence-corrected chi connectivity index (χ3v) is 4.43. The summed E-state index contributed by atoms with van der Waals surface area (Å²) < 4.78 is 0.725. The fourth-order valence-electron chi connectivity index (χ4n) is 1.91. The maximum Gasteiger partial charge on any atom is 0.225 e. The predicted molar refractivity (Wildman–Crippen MR) is 83.7 cm³/mol. The molecule has 2 aromatic rings. The zero-order valence-electron chi connectivity index (χ0n) is 11.2. The Hall–Kier alpha value is -1.36. The second-order valence-corrected chi connectivity index (χ2v) is 6.45. The van der Waals surface area contributed by atoms with Crippen LogP contribution in [-0.2, 0) is 11.3 Å². The van der Waals surface area contributed by atoms with Crippen molar-refractivity contribution in [3.8, 4) is 0 Å². The Bertz CT molecular complexity index is 570. The lowest BCUT2D eigenvalue weighted by Crippen LogP contribution is -2.35. The van der Waals surface area contributed by atoms with Gasteiger partial charge in [-0.25, -0.2) is 0 Å². The lowest BCUT2D eigenvalue weighted by atomic mass is 9.95. The van der Waals surface area contributed by atoms with Crippen molar-refractivity contribution in [2.45, 2.75) is 19.5 Å². The molecular weight excluding hydrogens is 292 g/mol. The minimum atomic E-state index is -0.303. The highest BCUT2D eigenvalue weighted by molar-refractivity contribution is 7.16. The van der Waals surface area contributed by atoms with E-state index in [9.17, 15) is 4.79 Å². The van der Waals surface area contributed by atoms with Crippen LogP contribution in [0.25, 0.3) is 0 Å². The molecule has 0 saturated carbocycles. The van der Waals surface area contributed by atoms with Crippen molar-refractivity contribution in [3.05, 3.63) is 57.2 Å². The van der Waals surface area contributed by atoms with Crippen LogP contribution in [0.3, 0.4) is 0 Å². The van der Waals surface area contributed by atoms with Crippen LogP contribution in [0.5, 0.6) is 0 Å². The molecule has 0 bridgehead atoms. The van der Waals surface area contributed by atoms with Crippen LogP contribution < -0.4 is 11.1 Å². The lowest BCUT2D eigenvalue weighted by molar-refractivity contribution is -0.125. The van der Waals surface area contributed by atoms with E-state index >= 15 is 0 Å². The van der Waals surface area contributed by atoms with E-state index in [1.807, 2.05) is 49.4 Å². The summed E-state index contributed by atoms with van der Waals surface area (Å²) >= 11 is 7.32. The number of amides is 1. The number of rotatable bonds is 5. The molecule has 0 saturated heterocycles. The number of benzene rings is 1. The molecule has 0 aliphatic carbocycles. The first-order valence-electron chi connectivity index (χ1n) is 6.40. The maximum atomic E-state index is 12.1. The number of carbonyl (C=O) groups excluding carboxylic acids is 1. The van der Waals surface area contributed by atoms with Crippen LogP contribution in [0.1, 0.15) is 23.4 Å². The van der Waals surface area contributed by atoms with E-state index in [4.69, 9.17) is 17.3 Å². The van der Waals surface area contributed by atoms with Crippen LogP contribution in [0.2, 0.25) is 4.34 Å². The van der Waals surface area contributed by atoms with Gasteiger partial charge in [0, 0.05) is 10.9 Å². The quantitative estimate of drug-likeness (QED) is 0.890. The van der Waals surface area contributed by atoms with Crippen molar-refractivity contribution in [3.63, 3.8) is 0 Å². The summed E-state index contributed by atoms with van der Waals surface area (Å²) in [6.07, 6.45) is 0. The Morgan fingerprint density at radius 3 is 2.60 bits per heavy atom. The number of hydrogen-bond acceptors (Lipinski definition) is 3. The molecule has 1 aromatic heterocycles. The molecule has 1 heterocycles. The van der Waals surface area contributed by atoms with Crippen molar-refractivity contribution in [2.75, 3.05) is 0 Å². The van der Waals surface area contributed by atoms with E-state index in [0.29, 0.717) is 6.54 Å². The van der Waals surface area contributed by atoms with Gasteiger partial charge >= 0.3 is 0 Å². The van der Waals surface area contributed by atoms with Gasteiger partial charge < -0.3 is 11.1 Å². The van der Waals surface area contributed by atoms with Crippen molar-refractivity contribution < 1.29 is 4.79 Å². The highest BCUT2D eigenvalue weighted by Crippen LogP contribution is 2.22. The number of halogens is 1. The van der Waals surface area contributed by atoms with Crippen LogP contribution >= 0.6 is 22.9 Å². The standard InChI is InChI=1S/C15H17ClN2OS/c1-10(14(17)11-5-3-2-4-6-11)15(19)18-9-12-7-8-13(16)20-12/h2-8,10,14H,9,17H2,1H3,(H,18,19). The van der Waals surface area contributed by atoms with E-state index in [2.05, 4.69) is 5.32 Å². The van der Waals surface area contributed by atoms with Crippen molar-refractivity contribution >= 4 is 28.8 Å². The molecule has 0 aliphatic rings. The molecule has 0 radical (unpaired) electrons. The first kappa shape index (κ1) is 15.0. The van der Waals surface area contributed by atoms with Crippen molar-refractivity contribution in [1.29, 1.82) is 0 Å². The minimum absolute atomic E-state index is 0.0501. The van der Waals surface area contributed by atoms with Crippen molar-refractivity contribution in [1.82, 2.24) is 5.32 Å². The number of carbonyl (C=O) groups is 1. The number of hydrogen-bond donors (Lipinski definition) is 2. The maximum absolute atomic E-state index is 12.1. The van der Waals surface area contributed by atoms with Crippen LogP contribution in [0, 0.1) is 5.92 Å². The smallest absolute Gasteiger partial charge is 0.225 e. The summed E-state index contributed by atoms with van der Waals surface area (Å²) in [4.78, 5) is 13.1. The Morgan fingerprint density at radius 1 is 1.30 bits per heavy atom. The molecule has 106 valence electrons. The second-order valence-electron chi connectivity index (χ2n) is 4.65. The average molecular weight is 309 g/mol. The van der Waals surface area contributed by atoms with Crippen LogP contribution in [0.4, 0.5) is 0 Å². The normalized spacial score (nSPS) is 13.8. The van der Waals surface area contributed by atoms with E-state index in [-0.39, 0.29) is 17.9 Å². The number of thiophene rings is 1. The molecule has 0 spiro atoms.